The number of carbonyl (C=O) groups excluding carboxylic acids is 1. The first-order valence-electron chi connectivity index (χ1n) is 7.88. The molecule has 0 fully saturated rings. The van der Waals surface area contributed by atoms with Gasteiger partial charge in [0.25, 0.3) is 0 Å². The first-order valence-corrected chi connectivity index (χ1v) is 9.32. The van der Waals surface area contributed by atoms with Gasteiger partial charge in [0.2, 0.25) is 15.9 Å². The summed E-state index contributed by atoms with van der Waals surface area (Å²) < 4.78 is 31.2. The van der Waals surface area contributed by atoms with E-state index in [1.165, 1.54) is 14.0 Å². The summed E-state index contributed by atoms with van der Waals surface area (Å²) in [5.41, 5.74) is 2.33. The van der Waals surface area contributed by atoms with Crippen molar-refractivity contribution in [1.82, 2.24) is 14.8 Å². The van der Waals surface area contributed by atoms with Crippen LogP contribution in [0.5, 0.6) is 0 Å². The molecular formula is C17H23N3O4S. The smallest absolute Gasteiger partial charge is 0.248 e. The van der Waals surface area contributed by atoms with Gasteiger partial charge in [-0.3, -0.25) is 4.79 Å². The Morgan fingerprint density at radius 2 is 1.92 bits per heavy atom. The Morgan fingerprint density at radius 1 is 1.28 bits per heavy atom. The summed E-state index contributed by atoms with van der Waals surface area (Å²) in [4.78, 5) is 12.3. The van der Waals surface area contributed by atoms with Crippen molar-refractivity contribution in [3.8, 4) is 0 Å². The molecule has 1 unspecified atom stereocenters. The fourth-order valence-electron chi connectivity index (χ4n) is 2.72. The van der Waals surface area contributed by atoms with Gasteiger partial charge >= 0.3 is 0 Å². The molecule has 1 aromatic carbocycles. The molecule has 1 aromatic heterocycles. The van der Waals surface area contributed by atoms with Crippen molar-refractivity contribution in [2.24, 2.45) is 0 Å². The molecule has 1 amide bonds. The predicted octanol–water partition coefficient (Wildman–Crippen LogP) is 2.10. The molecule has 8 heteroatoms. The molecule has 1 N–H and O–H groups in total. The molecule has 2 aromatic rings. The van der Waals surface area contributed by atoms with E-state index in [1.54, 1.807) is 6.92 Å². The van der Waals surface area contributed by atoms with Crippen LogP contribution in [0, 0.1) is 20.8 Å². The Hall–Kier alpha value is -2.19. The lowest BCUT2D eigenvalue weighted by Gasteiger charge is -2.20. The highest BCUT2D eigenvalue weighted by molar-refractivity contribution is 7.89. The molecule has 136 valence electrons. The van der Waals surface area contributed by atoms with Crippen LogP contribution < -0.4 is 5.32 Å². The van der Waals surface area contributed by atoms with Crippen LogP contribution in [0.15, 0.2) is 33.7 Å². The average Bonchev–Trinajstić information content (AvgIpc) is 2.86. The summed E-state index contributed by atoms with van der Waals surface area (Å²) in [6.07, 6.45) is 0. The van der Waals surface area contributed by atoms with Gasteiger partial charge < -0.3 is 9.84 Å². The number of amides is 1. The third-order valence-corrected chi connectivity index (χ3v) is 6.08. The maximum absolute atomic E-state index is 12.6. The van der Waals surface area contributed by atoms with Crippen molar-refractivity contribution in [1.29, 1.82) is 0 Å². The van der Waals surface area contributed by atoms with E-state index in [4.69, 9.17) is 4.52 Å². The lowest BCUT2D eigenvalue weighted by Crippen LogP contribution is -2.39. The zero-order valence-electron chi connectivity index (χ0n) is 15.0. The van der Waals surface area contributed by atoms with Crippen molar-refractivity contribution in [3.05, 3.63) is 46.8 Å². The van der Waals surface area contributed by atoms with Gasteiger partial charge in [0.05, 0.1) is 12.6 Å². The molecule has 0 saturated carbocycles. The molecular weight excluding hydrogens is 342 g/mol. The van der Waals surface area contributed by atoms with E-state index in [-0.39, 0.29) is 34.8 Å². The van der Waals surface area contributed by atoms with Crippen molar-refractivity contribution >= 4 is 15.9 Å². The largest absolute Gasteiger partial charge is 0.360 e. The number of aromatic nitrogens is 1. The Bertz CT molecular complexity index is 854. The minimum atomic E-state index is -3.84. The van der Waals surface area contributed by atoms with Crippen LogP contribution in [-0.2, 0) is 14.8 Å². The SMILES string of the molecule is Cc1ccccc1C(C)NC(=O)CN(C)S(=O)(=O)c1c(C)noc1C. The monoisotopic (exact) mass is 365 g/mol. The summed E-state index contributed by atoms with van der Waals surface area (Å²) in [6, 6.07) is 7.51. The van der Waals surface area contributed by atoms with Crippen LogP contribution in [0.2, 0.25) is 0 Å². The van der Waals surface area contributed by atoms with Gasteiger partial charge in [-0.1, -0.05) is 29.4 Å². The number of nitrogens with one attached hydrogen (secondary N) is 1. The number of sulfonamides is 1. The summed E-state index contributed by atoms with van der Waals surface area (Å²) in [6.45, 7) is 6.62. The fraction of sp³-hybridized carbons (Fsp3) is 0.412. The van der Waals surface area contributed by atoms with E-state index in [0.29, 0.717) is 0 Å². The van der Waals surface area contributed by atoms with Crippen molar-refractivity contribution in [2.75, 3.05) is 13.6 Å². The van der Waals surface area contributed by atoms with E-state index in [2.05, 4.69) is 10.5 Å². The third kappa shape index (κ3) is 4.08. The molecule has 25 heavy (non-hydrogen) atoms. The van der Waals surface area contributed by atoms with Gasteiger partial charge in [0.15, 0.2) is 5.76 Å². The van der Waals surface area contributed by atoms with Crippen molar-refractivity contribution in [3.63, 3.8) is 0 Å². The van der Waals surface area contributed by atoms with Crippen molar-refractivity contribution in [2.45, 2.75) is 38.6 Å². The maximum Gasteiger partial charge on any atom is 0.248 e. The molecule has 1 atom stereocenters. The zero-order valence-corrected chi connectivity index (χ0v) is 15.8. The summed E-state index contributed by atoms with van der Waals surface area (Å²) >= 11 is 0. The topological polar surface area (TPSA) is 92.5 Å². The van der Waals surface area contributed by atoms with Crippen LogP contribution in [0.1, 0.15) is 35.5 Å². The third-order valence-electron chi connectivity index (χ3n) is 4.03. The van der Waals surface area contributed by atoms with Crippen LogP contribution in [-0.4, -0.2) is 37.4 Å². The first kappa shape index (κ1) is 19.1. The predicted molar refractivity (Wildman–Crippen MR) is 93.5 cm³/mol. The van der Waals surface area contributed by atoms with E-state index in [0.717, 1.165) is 15.4 Å². The second kappa shape index (κ2) is 7.37. The molecule has 0 aliphatic heterocycles. The number of likely N-dealkylation sites (N-methyl/N-ethyl adjacent to an activating group) is 1. The van der Waals surface area contributed by atoms with Crippen LogP contribution in [0.3, 0.4) is 0 Å². The Labute approximate surface area is 148 Å². The Kier molecular flexibility index (Phi) is 5.64. The second-order valence-electron chi connectivity index (χ2n) is 6.06. The molecule has 0 saturated heterocycles. The van der Waals surface area contributed by atoms with Gasteiger partial charge in [0, 0.05) is 7.05 Å². The number of hydrogen-bond donors (Lipinski definition) is 1. The van der Waals surface area contributed by atoms with Crippen LogP contribution in [0.4, 0.5) is 0 Å². The molecule has 1 heterocycles. The highest BCUT2D eigenvalue weighted by atomic mass is 32.2. The van der Waals surface area contributed by atoms with Gasteiger partial charge in [-0.05, 0) is 38.8 Å². The minimum Gasteiger partial charge on any atom is -0.360 e. The number of benzene rings is 1. The van der Waals surface area contributed by atoms with Gasteiger partial charge in [-0.25, -0.2) is 8.42 Å². The molecule has 0 aliphatic rings. The average molecular weight is 365 g/mol. The number of rotatable bonds is 6. The summed E-state index contributed by atoms with van der Waals surface area (Å²) in [5, 5.41) is 6.49. The quantitative estimate of drug-likeness (QED) is 0.846. The summed E-state index contributed by atoms with van der Waals surface area (Å²) in [5.74, 6) is -0.174. The molecule has 0 aliphatic carbocycles. The van der Waals surface area contributed by atoms with E-state index in [9.17, 15) is 13.2 Å². The molecule has 2 rings (SSSR count). The Balaban J connectivity index is 2.09. The van der Waals surface area contributed by atoms with E-state index in [1.807, 2.05) is 38.1 Å². The second-order valence-corrected chi connectivity index (χ2v) is 8.04. The minimum absolute atomic E-state index is 0.00903. The normalized spacial score (nSPS) is 13.0. The molecule has 0 spiro atoms. The van der Waals surface area contributed by atoms with Crippen LogP contribution >= 0.6 is 0 Å². The number of aryl methyl sites for hydroxylation is 3. The number of carbonyl (C=O) groups is 1. The van der Waals surface area contributed by atoms with Crippen LogP contribution in [0.25, 0.3) is 0 Å². The number of nitrogens with zero attached hydrogens (tertiary/aromatic N) is 2. The first-order chi connectivity index (χ1) is 11.6. The van der Waals surface area contributed by atoms with E-state index >= 15 is 0 Å². The van der Waals surface area contributed by atoms with Crippen molar-refractivity contribution < 1.29 is 17.7 Å². The standard InChI is InChI=1S/C17H23N3O4S/c1-11-8-6-7-9-15(11)12(2)18-16(21)10-20(5)25(22,23)17-13(3)19-24-14(17)4/h6-9,12H,10H2,1-5H3,(H,18,21). The highest BCUT2D eigenvalue weighted by Crippen LogP contribution is 2.22. The van der Waals surface area contributed by atoms with Gasteiger partial charge in [0.1, 0.15) is 10.6 Å². The summed E-state index contributed by atoms with van der Waals surface area (Å²) in [7, 11) is -2.48. The lowest BCUT2D eigenvalue weighted by molar-refractivity contribution is -0.121. The molecule has 0 bridgehead atoms. The van der Waals surface area contributed by atoms with Gasteiger partial charge in [-0.2, -0.15) is 4.31 Å². The highest BCUT2D eigenvalue weighted by Gasteiger charge is 2.30. The van der Waals surface area contributed by atoms with E-state index < -0.39 is 10.0 Å². The Morgan fingerprint density at radius 3 is 2.48 bits per heavy atom. The molecule has 7 nitrogen and oxygen atoms in total. The molecule has 0 radical (unpaired) electrons. The number of hydrogen-bond acceptors (Lipinski definition) is 5. The fourth-order valence-corrected chi connectivity index (χ4v) is 4.13. The van der Waals surface area contributed by atoms with Gasteiger partial charge in [-0.15, -0.1) is 0 Å². The maximum atomic E-state index is 12.6. The zero-order chi connectivity index (χ0) is 18.8. The lowest BCUT2D eigenvalue weighted by atomic mass is 10.0.